The van der Waals surface area contributed by atoms with Gasteiger partial charge < -0.3 is 0 Å². The van der Waals surface area contributed by atoms with Crippen LogP contribution in [0, 0.1) is 5.82 Å². The van der Waals surface area contributed by atoms with Gasteiger partial charge in [0.15, 0.2) is 0 Å². The minimum Gasteiger partial charge on any atom is -0.285 e. The number of benzene rings is 1. The van der Waals surface area contributed by atoms with E-state index >= 15 is 0 Å². The summed E-state index contributed by atoms with van der Waals surface area (Å²) in [5, 5.41) is -0.0531. The molecule has 8 heteroatoms. The maximum atomic E-state index is 13.1. The van der Waals surface area contributed by atoms with E-state index in [-0.39, 0.29) is 40.1 Å². The molecule has 1 rings (SSSR count). The molecule has 0 aliphatic heterocycles. The molecule has 1 N–H and O–H groups in total. The van der Waals surface area contributed by atoms with Crippen molar-refractivity contribution in [1.82, 2.24) is 0 Å². The third kappa shape index (κ3) is 4.68. The van der Waals surface area contributed by atoms with Crippen molar-refractivity contribution in [2.45, 2.75) is 5.75 Å². The quantitative estimate of drug-likeness (QED) is 0.515. The van der Waals surface area contributed by atoms with E-state index in [1.807, 2.05) is 0 Å². The Bertz CT molecular complexity index is 466. The van der Waals surface area contributed by atoms with Crippen molar-refractivity contribution in [3.8, 4) is 0 Å². The Kier molecular flexibility index (Phi) is 6.28. The molecule has 79 valence electrons. The summed E-state index contributed by atoms with van der Waals surface area (Å²) >= 11 is 8.65. The second kappa shape index (κ2) is 5.95. The van der Waals surface area contributed by atoms with Gasteiger partial charge >= 0.3 is 0 Å². The van der Waals surface area contributed by atoms with Crippen molar-refractivity contribution in [2.24, 2.45) is 0 Å². The van der Waals surface area contributed by atoms with E-state index in [0.29, 0.717) is 4.47 Å². The fourth-order valence-corrected chi connectivity index (χ4v) is 2.20. The van der Waals surface area contributed by atoms with Crippen molar-refractivity contribution >= 4 is 67.2 Å². The molecule has 1 radical (unpaired) electrons. The third-order valence-corrected chi connectivity index (χ3v) is 3.44. The van der Waals surface area contributed by atoms with Crippen LogP contribution in [0.5, 0.6) is 0 Å². The fourth-order valence-electron chi connectivity index (χ4n) is 0.884. The van der Waals surface area contributed by atoms with Gasteiger partial charge in [0.05, 0.1) is 5.02 Å². The zero-order valence-electron chi connectivity index (χ0n) is 7.67. The van der Waals surface area contributed by atoms with E-state index in [0.717, 1.165) is 6.07 Å². The minimum absolute atomic E-state index is 0. The number of hydrogen-bond donors (Lipinski definition) is 1. The van der Waals surface area contributed by atoms with Crippen LogP contribution in [0.3, 0.4) is 0 Å². The molecule has 0 fully saturated rings. The van der Waals surface area contributed by atoms with Gasteiger partial charge in [-0.15, -0.1) is 0 Å². The van der Waals surface area contributed by atoms with E-state index in [1.54, 1.807) is 0 Å². The summed E-state index contributed by atoms with van der Waals surface area (Å²) < 4.78 is 43.1. The Balaban J connectivity index is 0.00000196. The van der Waals surface area contributed by atoms with Gasteiger partial charge in [0.2, 0.25) is 0 Å². The standard InChI is InChI=1S/C7H5BrClFO3S.Na/c8-5-1-2-6(10)4(7(5)9)3-14(11,12)13;/h1-2H,3H2,(H,11,12,13);. The maximum absolute atomic E-state index is 13.1. The zero-order chi connectivity index (χ0) is 10.9. The Labute approximate surface area is 122 Å². The largest absolute Gasteiger partial charge is 0.285 e. The monoisotopic (exact) mass is 325 g/mol. The van der Waals surface area contributed by atoms with E-state index in [2.05, 4.69) is 15.9 Å². The SMILES string of the molecule is O=S(=O)(O)Cc1c(F)ccc(Br)c1Cl.[Na]. The molecule has 0 bridgehead atoms. The summed E-state index contributed by atoms with van der Waals surface area (Å²) in [4.78, 5) is 0. The van der Waals surface area contributed by atoms with Crippen LogP contribution < -0.4 is 0 Å². The molecule has 0 amide bonds. The molecule has 0 unspecified atom stereocenters. The number of halogens is 3. The van der Waals surface area contributed by atoms with Crippen LogP contribution in [-0.4, -0.2) is 42.5 Å². The first kappa shape index (κ1) is 15.8. The topological polar surface area (TPSA) is 54.4 Å². The van der Waals surface area contributed by atoms with E-state index < -0.39 is 21.7 Å². The summed E-state index contributed by atoms with van der Waals surface area (Å²) in [6.45, 7) is 0. The van der Waals surface area contributed by atoms with Gasteiger partial charge in [0.1, 0.15) is 11.6 Å². The predicted octanol–water partition coefficient (Wildman–Crippen LogP) is 2.25. The second-order valence-electron chi connectivity index (χ2n) is 2.55. The normalized spacial score (nSPS) is 10.9. The van der Waals surface area contributed by atoms with Gasteiger partial charge in [-0.2, -0.15) is 8.42 Å². The predicted molar refractivity (Wildman–Crippen MR) is 60.1 cm³/mol. The molecule has 0 aromatic heterocycles. The maximum Gasteiger partial charge on any atom is 0.269 e. The Morgan fingerprint density at radius 3 is 2.47 bits per heavy atom. The van der Waals surface area contributed by atoms with Crippen molar-refractivity contribution in [1.29, 1.82) is 0 Å². The molecule has 0 spiro atoms. The molecular formula is C7H5BrClFNaO3S. The molecule has 1 aromatic rings. The Morgan fingerprint density at radius 1 is 1.47 bits per heavy atom. The fraction of sp³-hybridized carbons (Fsp3) is 0.143. The summed E-state index contributed by atoms with van der Waals surface area (Å²) in [6, 6.07) is 2.42. The third-order valence-electron chi connectivity index (χ3n) is 1.47. The van der Waals surface area contributed by atoms with Crippen LogP contribution in [0.4, 0.5) is 4.39 Å². The first-order valence-corrected chi connectivity index (χ1v) is 6.17. The molecular weight excluding hydrogens is 321 g/mol. The molecule has 0 heterocycles. The average Bonchev–Trinajstić information content (AvgIpc) is 2.04. The first-order chi connectivity index (χ1) is 6.31. The van der Waals surface area contributed by atoms with Crippen LogP contribution in [0.15, 0.2) is 16.6 Å². The number of rotatable bonds is 2. The number of hydrogen-bond acceptors (Lipinski definition) is 2. The van der Waals surface area contributed by atoms with Crippen LogP contribution in [0.2, 0.25) is 5.02 Å². The van der Waals surface area contributed by atoms with Gasteiger partial charge in [0, 0.05) is 39.6 Å². The summed E-state index contributed by atoms with van der Waals surface area (Å²) in [7, 11) is -4.28. The van der Waals surface area contributed by atoms with Crippen molar-refractivity contribution in [3.63, 3.8) is 0 Å². The van der Waals surface area contributed by atoms with Crippen molar-refractivity contribution < 1.29 is 17.4 Å². The smallest absolute Gasteiger partial charge is 0.269 e. The van der Waals surface area contributed by atoms with Gasteiger partial charge in [-0.1, -0.05) is 11.6 Å². The van der Waals surface area contributed by atoms with Crippen LogP contribution in [0.1, 0.15) is 5.56 Å². The van der Waals surface area contributed by atoms with Crippen LogP contribution in [-0.2, 0) is 15.9 Å². The molecule has 0 saturated heterocycles. The Morgan fingerprint density at radius 2 is 2.00 bits per heavy atom. The molecule has 0 atom stereocenters. The zero-order valence-corrected chi connectivity index (χ0v) is 12.8. The molecule has 0 saturated carbocycles. The molecule has 0 aliphatic rings. The van der Waals surface area contributed by atoms with E-state index in [9.17, 15) is 12.8 Å². The molecule has 3 nitrogen and oxygen atoms in total. The Hall–Kier alpha value is 0.830. The van der Waals surface area contributed by atoms with Gasteiger partial charge in [-0.3, -0.25) is 4.55 Å². The second-order valence-corrected chi connectivity index (χ2v) is 5.23. The first-order valence-electron chi connectivity index (χ1n) is 3.39. The summed E-state index contributed by atoms with van der Waals surface area (Å²) in [5.74, 6) is -1.60. The van der Waals surface area contributed by atoms with Crippen LogP contribution >= 0.6 is 27.5 Å². The van der Waals surface area contributed by atoms with Gasteiger partial charge in [-0.25, -0.2) is 4.39 Å². The summed E-state index contributed by atoms with van der Waals surface area (Å²) in [6.07, 6.45) is 0. The van der Waals surface area contributed by atoms with E-state index in [4.69, 9.17) is 16.2 Å². The molecule has 15 heavy (non-hydrogen) atoms. The van der Waals surface area contributed by atoms with Gasteiger partial charge in [0.25, 0.3) is 10.1 Å². The molecule has 0 aliphatic carbocycles. The summed E-state index contributed by atoms with van der Waals surface area (Å²) in [5.41, 5.74) is -0.247. The molecule has 1 aromatic carbocycles. The minimum atomic E-state index is -4.28. The van der Waals surface area contributed by atoms with Gasteiger partial charge in [-0.05, 0) is 28.1 Å². The van der Waals surface area contributed by atoms with Crippen molar-refractivity contribution in [2.75, 3.05) is 0 Å². The average molecular weight is 327 g/mol. The van der Waals surface area contributed by atoms with Crippen LogP contribution in [0.25, 0.3) is 0 Å². The van der Waals surface area contributed by atoms with E-state index in [1.165, 1.54) is 6.07 Å². The van der Waals surface area contributed by atoms with Crippen molar-refractivity contribution in [3.05, 3.63) is 33.0 Å².